The van der Waals surface area contributed by atoms with Crippen molar-refractivity contribution in [2.24, 2.45) is 5.92 Å². The van der Waals surface area contributed by atoms with E-state index in [0.717, 1.165) is 34.8 Å². The maximum Gasteiger partial charge on any atom is 0.159 e. The van der Waals surface area contributed by atoms with Gasteiger partial charge in [0, 0.05) is 22.7 Å². The number of nitrogen functional groups attached to an aromatic ring is 1. The summed E-state index contributed by atoms with van der Waals surface area (Å²) >= 11 is 0. The molecule has 0 saturated carbocycles. The molecule has 0 unspecified atom stereocenters. The van der Waals surface area contributed by atoms with E-state index in [1.807, 2.05) is 32.0 Å². The number of fused-ring (bicyclic) bond motifs is 1. The number of anilines is 1. The molecular formula is C25H22F2N6. The molecule has 0 aliphatic rings. The van der Waals surface area contributed by atoms with Crippen LogP contribution in [0, 0.1) is 34.3 Å². The lowest BCUT2D eigenvalue weighted by molar-refractivity contribution is 0.506. The summed E-state index contributed by atoms with van der Waals surface area (Å²) in [6, 6.07) is 11.6. The van der Waals surface area contributed by atoms with E-state index in [0.29, 0.717) is 34.4 Å². The number of pyridine rings is 1. The standard InChI is InChI=1S/C25H22F2N6/c1-14(2)7-22-18(10-28)24(19(11-29)25(30)32-22)16-4-6-23-17(9-16)12-31-33(23)13-15-3-5-20(26)21(27)8-15/h3-6,8-9,11-12,14,29H,7,13H2,1-2H3,(H2,30,32). The maximum atomic E-state index is 13.6. The zero-order chi connectivity index (χ0) is 23.7. The predicted molar refractivity (Wildman–Crippen MR) is 124 cm³/mol. The number of hydrogen-bond donors (Lipinski definition) is 2. The van der Waals surface area contributed by atoms with Crippen LogP contribution in [0.25, 0.3) is 22.0 Å². The topological polar surface area (TPSA) is 104 Å². The Labute approximate surface area is 189 Å². The van der Waals surface area contributed by atoms with Crippen LogP contribution in [-0.4, -0.2) is 21.0 Å². The summed E-state index contributed by atoms with van der Waals surface area (Å²) in [5.74, 6) is -1.30. The minimum atomic E-state index is -0.901. The van der Waals surface area contributed by atoms with Crippen molar-refractivity contribution < 1.29 is 8.78 Å². The number of benzene rings is 2. The van der Waals surface area contributed by atoms with Gasteiger partial charge >= 0.3 is 0 Å². The van der Waals surface area contributed by atoms with Gasteiger partial charge in [-0.05, 0) is 47.7 Å². The first-order chi connectivity index (χ1) is 15.8. The summed E-state index contributed by atoms with van der Waals surface area (Å²) < 4.78 is 28.5. The molecule has 166 valence electrons. The molecule has 0 bridgehead atoms. The monoisotopic (exact) mass is 444 g/mol. The van der Waals surface area contributed by atoms with E-state index in [-0.39, 0.29) is 18.3 Å². The molecule has 0 aliphatic heterocycles. The molecule has 0 saturated heterocycles. The van der Waals surface area contributed by atoms with Gasteiger partial charge in [0.05, 0.1) is 29.5 Å². The van der Waals surface area contributed by atoms with E-state index in [1.165, 1.54) is 6.07 Å². The summed E-state index contributed by atoms with van der Waals surface area (Å²) in [6.07, 6.45) is 3.38. The molecule has 4 aromatic rings. The minimum Gasteiger partial charge on any atom is -0.383 e. The van der Waals surface area contributed by atoms with E-state index in [2.05, 4.69) is 16.2 Å². The van der Waals surface area contributed by atoms with E-state index >= 15 is 0 Å². The fraction of sp³-hybridized carbons (Fsp3) is 0.200. The molecule has 6 nitrogen and oxygen atoms in total. The van der Waals surface area contributed by atoms with Crippen LogP contribution in [0.3, 0.4) is 0 Å². The molecular weight excluding hydrogens is 422 g/mol. The molecule has 3 N–H and O–H groups in total. The highest BCUT2D eigenvalue weighted by atomic mass is 19.2. The van der Waals surface area contributed by atoms with Crippen molar-refractivity contribution in [3.8, 4) is 17.2 Å². The number of halogens is 2. The summed E-state index contributed by atoms with van der Waals surface area (Å²) in [5, 5.41) is 23.0. The van der Waals surface area contributed by atoms with E-state index in [9.17, 15) is 14.0 Å². The molecule has 0 radical (unpaired) electrons. The van der Waals surface area contributed by atoms with Crippen molar-refractivity contribution in [2.75, 3.05) is 5.73 Å². The molecule has 2 aromatic heterocycles. The number of nitrogens with two attached hydrogens (primary N) is 1. The van der Waals surface area contributed by atoms with E-state index in [1.54, 1.807) is 10.9 Å². The van der Waals surface area contributed by atoms with Gasteiger partial charge in [-0.3, -0.25) is 4.68 Å². The lowest BCUT2D eigenvalue weighted by atomic mass is 9.91. The lowest BCUT2D eigenvalue weighted by Crippen LogP contribution is -2.09. The SMILES string of the molecule is CC(C)Cc1nc(N)c(C=N)c(-c2ccc3c(cnn3Cc3ccc(F)c(F)c3)c2)c1C#N. The van der Waals surface area contributed by atoms with Gasteiger partial charge in [0.15, 0.2) is 11.6 Å². The summed E-state index contributed by atoms with van der Waals surface area (Å²) in [7, 11) is 0. The maximum absolute atomic E-state index is 13.6. The Morgan fingerprint density at radius 2 is 1.97 bits per heavy atom. The van der Waals surface area contributed by atoms with E-state index in [4.69, 9.17) is 11.1 Å². The van der Waals surface area contributed by atoms with E-state index < -0.39 is 11.6 Å². The van der Waals surface area contributed by atoms with Crippen LogP contribution in [0.1, 0.15) is 36.2 Å². The molecule has 8 heteroatoms. The molecule has 0 aliphatic carbocycles. The Balaban J connectivity index is 1.81. The smallest absolute Gasteiger partial charge is 0.159 e. The highest BCUT2D eigenvalue weighted by Gasteiger charge is 2.20. The first kappa shape index (κ1) is 22.1. The average Bonchev–Trinajstić information content (AvgIpc) is 3.17. The van der Waals surface area contributed by atoms with Gasteiger partial charge in [0.1, 0.15) is 11.9 Å². The lowest BCUT2D eigenvalue weighted by Gasteiger charge is -2.16. The van der Waals surface area contributed by atoms with Crippen LogP contribution in [0.4, 0.5) is 14.6 Å². The molecule has 0 amide bonds. The van der Waals surface area contributed by atoms with Crippen LogP contribution in [0.15, 0.2) is 42.6 Å². The largest absolute Gasteiger partial charge is 0.383 e. The third kappa shape index (κ3) is 4.17. The van der Waals surface area contributed by atoms with Gasteiger partial charge in [-0.1, -0.05) is 26.0 Å². The number of nitrogens with zero attached hydrogens (tertiary/aromatic N) is 4. The Kier molecular flexibility index (Phi) is 5.88. The Bertz CT molecular complexity index is 1410. The first-order valence-electron chi connectivity index (χ1n) is 10.4. The molecule has 2 heterocycles. The van der Waals surface area contributed by atoms with Crippen molar-refractivity contribution >= 4 is 22.9 Å². The highest BCUT2D eigenvalue weighted by molar-refractivity contribution is 5.98. The summed E-state index contributed by atoms with van der Waals surface area (Å²) in [4.78, 5) is 4.40. The summed E-state index contributed by atoms with van der Waals surface area (Å²) in [6.45, 7) is 4.35. The number of rotatable bonds is 6. The van der Waals surface area contributed by atoms with Gasteiger partial charge in [-0.2, -0.15) is 10.4 Å². The molecule has 0 fully saturated rings. The number of nitrogens with one attached hydrogen (secondary N) is 1. The van der Waals surface area contributed by atoms with Gasteiger partial charge in [0.25, 0.3) is 0 Å². The normalized spacial score (nSPS) is 11.2. The van der Waals surface area contributed by atoms with Crippen molar-refractivity contribution in [3.63, 3.8) is 0 Å². The number of nitriles is 1. The summed E-state index contributed by atoms with van der Waals surface area (Å²) in [5.41, 5.74) is 10.2. The Morgan fingerprint density at radius 3 is 2.64 bits per heavy atom. The quantitative estimate of drug-likeness (QED) is 0.405. The Morgan fingerprint density at radius 1 is 1.18 bits per heavy atom. The van der Waals surface area contributed by atoms with Crippen LogP contribution < -0.4 is 5.73 Å². The van der Waals surface area contributed by atoms with Crippen molar-refractivity contribution in [1.82, 2.24) is 14.8 Å². The van der Waals surface area contributed by atoms with Gasteiger partial charge in [-0.15, -0.1) is 0 Å². The van der Waals surface area contributed by atoms with Crippen LogP contribution >= 0.6 is 0 Å². The predicted octanol–water partition coefficient (Wildman–Crippen LogP) is 5.07. The first-order valence-corrected chi connectivity index (χ1v) is 10.4. The van der Waals surface area contributed by atoms with Gasteiger partial charge < -0.3 is 11.1 Å². The average molecular weight is 444 g/mol. The van der Waals surface area contributed by atoms with Crippen LogP contribution in [0.5, 0.6) is 0 Å². The highest BCUT2D eigenvalue weighted by Crippen LogP contribution is 2.34. The molecule has 33 heavy (non-hydrogen) atoms. The third-order valence-electron chi connectivity index (χ3n) is 5.44. The van der Waals surface area contributed by atoms with Crippen LogP contribution in [-0.2, 0) is 13.0 Å². The second-order valence-corrected chi connectivity index (χ2v) is 8.29. The molecule has 0 spiro atoms. The zero-order valence-electron chi connectivity index (χ0n) is 18.2. The van der Waals surface area contributed by atoms with Gasteiger partial charge in [0.2, 0.25) is 0 Å². The van der Waals surface area contributed by atoms with Crippen molar-refractivity contribution in [2.45, 2.75) is 26.8 Å². The minimum absolute atomic E-state index is 0.212. The third-order valence-corrected chi connectivity index (χ3v) is 5.44. The molecule has 2 aromatic carbocycles. The zero-order valence-corrected chi connectivity index (χ0v) is 18.2. The number of aromatic nitrogens is 3. The Hall–Kier alpha value is -4.12. The fourth-order valence-electron chi connectivity index (χ4n) is 3.95. The van der Waals surface area contributed by atoms with Crippen molar-refractivity contribution in [1.29, 1.82) is 10.7 Å². The second kappa shape index (κ2) is 8.79. The molecule has 4 rings (SSSR count). The van der Waals surface area contributed by atoms with Crippen molar-refractivity contribution in [3.05, 3.63) is 76.6 Å². The van der Waals surface area contributed by atoms with Gasteiger partial charge in [-0.25, -0.2) is 13.8 Å². The fourth-order valence-corrected chi connectivity index (χ4v) is 3.95. The molecule has 0 atom stereocenters. The number of hydrogen-bond acceptors (Lipinski definition) is 5. The second-order valence-electron chi connectivity index (χ2n) is 8.29. The van der Waals surface area contributed by atoms with Crippen LogP contribution in [0.2, 0.25) is 0 Å².